The highest BCUT2D eigenvalue weighted by atomic mass is 16.2. The molecule has 1 saturated heterocycles. The number of carbonyl (C=O) groups excluding carboxylic acids is 2. The number of amides is 2. The summed E-state index contributed by atoms with van der Waals surface area (Å²) in [5, 5.41) is 4.51. The van der Waals surface area contributed by atoms with Crippen molar-refractivity contribution in [1.29, 1.82) is 0 Å². The second kappa shape index (κ2) is 6.66. The Hall–Kier alpha value is -2.70. The van der Waals surface area contributed by atoms with E-state index in [1.165, 1.54) is 0 Å². The van der Waals surface area contributed by atoms with Gasteiger partial charge in [0.2, 0.25) is 11.8 Å². The third-order valence-corrected chi connectivity index (χ3v) is 4.76. The lowest BCUT2D eigenvalue weighted by atomic mass is 10.1. The van der Waals surface area contributed by atoms with Crippen LogP contribution in [0.1, 0.15) is 48.6 Å². The van der Waals surface area contributed by atoms with Crippen LogP contribution in [0.5, 0.6) is 0 Å². The van der Waals surface area contributed by atoms with E-state index in [0.717, 1.165) is 23.2 Å². The molecule has 0 aliphatic carbocycles. The molecule has 1 atom stereocenters. The molecule has 1 unspecified atom stereocenters. The number of primary amides is 1. The first-order valence-electron chi connectivity index (χ1n) is 8.48. The lowest BCUT2D eigenvalue weighted by Gasteiger charge is -2.24. The van der Waals surface area contributed by atoms with Gasteiger partial charge < -0.3 is 10.6 Å². The predicted molar refractivity (Wildman–Crippen MR) is 93.1 cm³/mol. The SMILES string of the molecule is Cc1cccc(-n2nc(CC(N)=O)nc2C(C)N2CCCC2=O)c1C. The number of likely N-dealkylation sites (tertiary alicyclic amines) is 1. The first kappa shape index (κ1) is 17.1. The highest BCUT2D eigenvalue weighted by molar-refractivity contribution is 5.78. The Bertz CT molecular complexity index is 827. The van der Waals surface area contributed by atoms with Gasteiger partial charge in [0.05, 0.1) is 18.2 Å². The molecule has 2 heterocycles. The molecule has 0 spiro atoms. The Balaban J connectivity index is 2.09. The average molecular weight is 341 g/mol. The maximum atomic E-state index is 12.1. The van der Waals surface area contributed by atoms with Crippen molar-refractivity contribution >= 4 is 11.8 Å². The van der Waals surface area contributed by atoms with E-state index in [1.807, 2.05) is 43.9 Å². The molecule has 3 rings (SSSR count). The molecule has 25 heavy (non-hydrogen) atoms. The summed E-state index contributed by atoms with van der Waals surface area (Å²) in [6.45, 7) is 6.72. The second-order valence-electron chi connectivity index (χ2n) is 6.53. The summed E-state index contributed by atoms with van der Waals surface area (Å²) < 4.78 is 1.75. The second-order valence-corrected chi connectivity index (χ2v) is 6.53. The molecular formula is C18H23N5O2. The van der Waals surface area contributed by atoms with Crippen LogP contribution in [0.3, 0.4) is 0 Å². The average Bonchev–Trinajstić information content (AvgIpc) is 3.15. The normalized spacial score (nSPS) is 15.6. The molecule has 2 amide bonds. The van der Waals surface area contributed by atoms with Gasteiger partial charge in [-0.1, -0.05) is 12.1 Å². The van der Waals surface area contributed by atoms with E-state index in [9.17, 15) is 9.59 Å². The van der Waals surface area contributed by atoms with Crippen LogP contribution in [-0.4, -0.2) is 38.0 Å². The van der Waals surface area contributed by atoms with Gasteiger partial charge in [0.1, 0.15) is 0 Å². The van der Waals surface area contributed by atoms with Gasteiger partial charge in [-0.3, -0.25) is 9.59 Å². The number of aromatic nitrogens is 3. The van der Waals surface area contributed by atoms with Gasteiger partial charge in [0.15, 0.2) is 11.6 Å². The largest absolute Gasteiger partial charge is 0.369 e. The number of nitrogens with zero attached hydrogens (tertiary/aromatic N) is 4. The fourth-order valence-electron chi connectivity index (χ4n) is 3.23. The molecule has 0 radical (unpaired) electrons. The molecule has 1 aromatic carbocycles. The zero-order valence-corrected chi connectivity index (χ0v) is 14.8. The lowest BCUT2D eigenvalue weighted by Crippen LogP contribution is -2.30. The van der Waals surface area contributed by atoms with E-state index >= 15 is 0 Å². The summed E-state index contributed by atoms with van der Waals surface area (Å²) >= 11 is 0. The first-order valence-corrected chi connectivity index (χ1v) is 8.48. The van der Waals surface area contributed by atoms with Crippen LogP contribution in [0.25, 0.3) is 5.69 Å². The molecule has 7 nitrogen and oxygen atoms in total. The topological polar surface area (TPSA) is 94.1 Å². The molecule has 1 aliphatic rings. The Morgan fingerprint density at radius 2 is 2.12 bits per heavy atom. The minimum Gasteiger partial charge on any atom is -0.369 e. The quantitative estimate of drug-likeness (QED) is 0.893. The van der Waals surface area contributed by atoms with Crippen LogP contribution in [-0.2, 0) is 16.0 Å². The van der Waals surface area contributed by atoms with Crippen molar-refractivity contribution < 1.29 is 9.59 Å². The van der Waals surface area contributed by atoms with Crippen molar-refractivity contribution in [2.45, 2.75) is 46.1 Å². The van der Waals surface area contributed by atoms with Crippen molar-refractivity contribution in [3.8, 4) is 5.69 Å². The number of aryl methyl sites for hydroxylation is 1. The molecular weight excluding hydrogens is 318 g/mol. The summed E-state index contributed by atoms with van der Waals surface area (Å²) in [6, 6.07) is 5.74. The standard InChI is InChI=1S/C18H23N5O2/c1-11-6-4-7-14(12(11)2)23-18(20-16(21-23)10-15(19)24)13(3)22-9-5-8-17(22)25/h4,6-7,13H,5,8-10H2,1-3H3,(H2,19,24). The van der Waals surface area contributed by atoms with E-state index in [1.54, 1.807) is 4.68 Å². The van der Waals surface area contributed by atoms with Crippen molar-refractivity contribution in [2.24, 2.45) is 5.73 Å². The third-order valence-electron chi connectivity index (χ3n) is 4.76. The molecule has 2 aromatic rings. The minimum absolute atomic E-state index is 0.0223. The summed E-state index contributed by atoms with van der Waals surface area (Å²) in [5.41, 5.74) is 8.43. The number of benzene rings is 1. The molecule has 2 N–H and O–H groups in total. The Labute approximate surface area is 146 Å². The molecule has 1 aliphatic heterocycles. The van der Waals surface area contributed by atoms with E-state index in [2.05, 4.69) is 10.1 Å². The summed E-state index contributed by atoms with van der Waals surface area (Å²) in [4.78, 5) is 29.8. The van der Waals surface area contributed by atoms with Crippen molar-refractivity contribution in [1.82, 2.24) is 19.7 Å². The zero-order valence-electron chi connectivity index (χ0n) is 14.8. The number of carbonyl (C=O) groups is 2. The zero-order chi connectivity index (χ0) is 18.1. The Morgan fingerprint density at radius 1 is 1.36 bits per heavy atom. The fraction of sp³-hybridized carbons (Fsp3) is 0.444. The van der Waals surface area contributed by atoms with Gasteiger partial charge in [0.25, 0.3) is 0 Å². The fourth-order valence-corrected chi connectivity index (χ4v) is 3.23. The number of hydrogen-bond acceptors (Lipinski definition) is 4. The van der Waals surface area contributed by atoms with Gasteiger partial charge >= 0.3 is 0 Å². The molecule has 1 aromatic heterocycles. The van der Waals surface area contributed by atoms with Gasteiger partial charge in [0, 0.05) is 13.0 Å². The Morgan fingerprint density at radius 3 is 2.76 bits per heavy atom. The number of hydrogen-bond donors (Lipinski definition) is 1. The van der Waals surface area contributed by atoms with E-state index < -0.39 is 5.91 Å². The lowest BCUT2D eigenvalue weighted by molar-refractivity contribution is -0.129. The van der Waals surface area contributed by atoms with Crippen LogP contribution in [0, 0.1) is 13.8 Å². The summed E-state index contributed by atoms with van der Waals surface area (Å²) in [6.07, 6.45) is 1.40. The van der Waals surface area contributed by atoms with Crippen LogP contribution < -0.4 is 5.73 Å². The predicted octanol–water partition coefficient (Wildman–Crippen LogP) is 1.60. The maximum Gasteiger partial charge on any atom is 0.225 e. The highest BCUT2D eigenvalue weighted by Crippen LogP contribution is 2.27. The van der Waals surface area contributed by atoms with E-state index in [4.69, 9.17) is 5.73 Å². The van der Waals surface area contributed by atoms with Gasteiger partial charge in [-0.2, -0.15) is 5.10 Å². The summed E-state index contributed by atoms with van der Waals surface area (Å²) in [7, 11) is 0. The van der Waals surface area contributed by atoms with Crippen LogP contribution in [0.4, 0.5) is 0 Å². The number of nitrogens with two attached hydrogens (primary N) is 1. The van der Waals surface area contributed by atoms with Crippen LogP contribution in [0.15, 0.2) is 18.2 Å². The molecule has 0 bridgehead atoms. The van der Waals surface area contributed by atoms with Gasteiger partial charge in [-0.05, 0) is 44.4 Å². The van der Waals surface area contributed by atoms with E-state index in [-0.39, 0.29) is 18.4 Å². The van der Waals surface area contributed by atoms with E-state index in [0.29, 0.717) is 24.6 Å². The molecule has 132 valence electrons. The van der Waals surface area contributed by atoms with Gasteiger partial charge in [-0.25, -0.2) is 9.67 Å². The molecule has 7 heteroatoms. The van der Waals surface area contributed by atoms with Crippen LogP contribution in [0.2, 0.25) is 0 Å². The van der Waals surface area contributed by atoms with Crippen molar-refractivity contribution in [3.05, 3.63) is 41.0 Å². The monoisotopic (exact) mass is 341 g/mol. The van der Waals surface area contributed by atoms with Gasteiger partial charge in [-0.15, -0.1) is 0 Å². The van der Waals surface area contributed by atoms with Crippen molar-refractivity contribution in [2.75, 3.05) is 6.54 Å². The maximum absolute atomic E-state index is 12.1. The Kier molecular flexibility index (Phi) is 4.57. The highest BCUT2D eigenvalue weighted by Gasteiger charge is 2.30. The third kappa shape index (κ3) is 3.26. The van der Waals surface area contributed by atoms with Crippen LogP contribution >= 0.6 is 0 Å². The molecule has 1 fully saturated rings. The smallest absolute Gasteiger partial charge is 0.225 e. The van der Waals surface area contributed by atoms with Crippen molar-refractivity contribution in [3.63, 3.8) is 0 Å². The number of rotatable bonds is 5. The minimum atomic E-state index is -0.477. The molecule has 0 saturated carbocycles. The first-order chi connectivity index (χ1) is 11.9. The summed E-state index contributed by atoms with van der Waals surface area (Å²) in [5.74, 6) is 0.677.